The molecule has 0 spiro atoms. The summed E-state index contributed by atoms with van der Waals surface area (Å²) in [5.41, 5.74) is 0.525. The van der Waals surface area contributed by atoms with E-state index >= 15 is 0 Å². The van der Waals surface area contributed by atoms with E-state index in [1.165, 1.54) is 31.2 Å². The quantitative estimate of drug-likeness (QED) is 0.677. The Morgan fingerprint density at radius 2 is 2.05 bits per heavy atom. The van der Waals surface area contributed by atoms with Crippen molar-refractivity contribution in [1.82, 2.24) is 0 Å². The predicted octanol–water partition coefficient (Wildman–Crippen LogP) is 3.37. The highest BCUT2D eigenvalue weighted by Gasteiger charge is 2.15. The first kappa shape index (κ1) is 14.9. The van der Waals surface area contributed by atoms with Crippen LogP contribution in [0.2, 0.25) is 0 Å². The van der Waals surface area contributed by atoms with Crippen molar-refractivity contribution in [3.63, 3.8) is 0 Å². The smallest absolute Gasteiger partial charge is 0.270 e. The number of halogens is 1. The Balaban J connectivity index is 2.23. The van der Waals surface area contributed by atoms with E-state index < -0.39 is 16.8 Å². The van der Waals surface area contributed by atoms with Gasteiger partial charge in [0.05, 0.1) is 11.0 Å². The van der Waals surface area contributed by atoms with E-state index in [1.807, 2.05) is 0 Å². The van der Waals surface area contributed by atoms with Gasteiger partial charge in [0.25, 0.3) is 5.69 Å². The molecule has 0 aliphatic rings. The molecule has 0 aliphatic heterocycles. The molecule has 0 heterocycles. The van der Waals surface area contributed by atoms with Crippen LogP contribution in [-0.2, 0) is 6.61 Å². The monoisotopic (exact) mass is 291 g/mol. The van der Waals surface area contributed by atoms with Gasteiger partial charge in [0.2, 0.25) is 0 Å². The van der Waals surface area contributed by atoms with Gasteiger partial charge >= 0.3 is 0 Å². The highest BCUT2D eigenvalue weighted by atomic mass is 19.1. The first-order valence-corrected chi connectivity index (χ1v) is 6.31. The molecule has 0 aromatic heterocycles. The van der Waals surface area contributed by atoms with Crippen molar-refractivity contribution in [3.8, 4) is 5.75 Å². The molecule has 1 atom stereocenters. The van der Waals surface area contributed by atoms with Crippen molar-refractivity contribution in [3.05, 3.63) is 69.5 Å². The standard InChI is InChI=1S/C15H14FNO4/c1-10(18)13-8-12(17(19)20)6-7-15(13)21-9-11-4-2-3-5-14(11)16/h2-8,10,18H,9H2,1H3/t10-/m1/s1. The number of ether oxygens (including phenoxy) is 1. The van der Waals surface area contributed by atoms with Crippen LogP contribution in [0.5, 0.6) is 5.75 Å². The second-order valence-corrected chi connectivity index (χ2v) is 4.54. The third-order valence-electron chi connectivity index (χ3n) is 3.00. The van der Waals surface area contributed by atoms with Crippen molar-refractivity contribution >= 4 is 5.69 Å². The average Bonchev–Trinajstić information content (AvgIpc) is 2.46. The van der Waals surface area contributed by atoms with Gasteiger partial charge in [0, 0.05) is 23.3 Å². The molecular weight excluding hydrogens is 277 g/mol. The number of hydrogen-bond acceptors (Lipinski definition) is 4. The van der Waals surface area contributed by atoms with Crippen molar-refractivity contribution < 1.29 is 19.2 Å². The van der Waals surface area contributed by atoms with Gasteiger partial charge in [0.15, 0.2) is 0 Å². The second-order valence-electron chi connectivity index (χ2n) is 4.54. The normalized spacial score (nSPS) is 12.0. The first-order valence-electron chi connectivity index (χ1n) is 6.31. The number of aliphatic hydroxyl groups excluding tert-OH is 1. The topological polar surface area (TPSA) is 72.6 Å². The number of non-ortho nitro benzene ring substituents is 1. The van der Waals surface area contributed by atoms with Crippen LogP contribution in [-0.4, -0.2) is 10.0 Å². The molecule has 1 N–H and O–H groups in total. The van der Waals surface area contributed by atoms with E-state index in [-0.39, 0.29) is 12.3 Å². The van der Waals surface area contributed by atoms with E-state index in [0.29, 0.717) is 16.9 Å². The molecule has 2 aromatic carbocycles. The fourth-order valence-electron chi connectivity index (χ4n) is 1.88. The van der Waals surface area contributed by atoms with Crippen LogP contribution in [0.3, 0.4) is 0 Å². The lowest BCUT2D eigenvalue weighted by Gasteiger charge is -2.13. The molecule has 0 saturated carbocycles. The Morgan fingerprint density at radius 1 is 1.33 bits per heavy atom. The van der Waals surface area contributed by atoms with Crippen LogP contribution in [0.1, 0.15) is 24.2 Å². The van der Waals surface area contributed by atoms with Gasteiger partial charge in [-0.1, -0.05) is 18.2 Å². The summed E-state index contributed by atoms with van der Waals surface area (Å²) in [5.74, 6) is -0.100. The lowest BCUT2D eigenvalue weighted by Crippen LogP contribution is -2.03. The molecule has 0 radical (unpaired) electrons. The summed E-state index contributed by atoms with van der Waals surface area (Å²) in [6, 6.07) is 10.1. The summed E-state index contributed by atoms with van der Waals surface area (Å²) in [6.07, 6.45) is -0.930. The molecule has 110 valence electrons. The summed E-state index contributed by atoms with van der Waals surface area (Å²) in [7, 11) is 0. The average molecular weight is 291 g/mol. The van der Waals surface area contributed by atoms with Gasteiger partial charge in [-0.2, -0.15) is 0 Å². The largest absolute Gasteiger partial charge is 0.488 e. The fourth-order valence-corrected chi connectivity index (χ4v) is 1.88. The molecule has 0 amide bonds. The summed E-state index contributed by atoms with van der Waals surface area (Å²) in [5, 5.41) is 20.4. The third-order valence-corrected chi connectivity index (χ3v) is 3.00. The number of hydrogen-bond donors (Lipinski definition) is 1. The minimum atomic E-state index is -0.930. The van der Waals surface area contributed by atoms with Crippen LogP contribution < -0.4 is 4.74 Å². The molecule has 0 bridgehead atoms. The Kier molecular flexibility index (Phi) is 4.49. The number of rotatable bonds is 5. The van der Waals surface area contributed by atoms with E-state index in [0.717, 1.165) is 0 Å². The maximum atomic E-state index is 13.5. The summed E-state index contributed by atoms with van der Waals surface area (Å²) in [6.45, 7) is 1.46. The SMILES string of the molecule is C[C@@H](O)c1cc([N+](=O)[O-])ccc1OCc1ccccc1F. The number of nitrogens with zero attached hydrogens (tertiary/aromatic N) is 1. The number of nitro groups is 1. The van der Waals surface area contributed by atoms with Gasteiger partial charge in [-0.05, 0) is 19.1 Å². The van der Waals surface area contributed by atoms with E-state index in [1.54, 1.807) is 18.2 Å². The van der Waals surface area contributed by atoms with Gasteiger partial charge in [-0.3, -0.25) is 10.1 Å². The van der Waals surface area contributed by atoms with Crippen molar-refractivity contribution in [2.45, 2.75) is 19.6 Å². The minimum absolute atomic E-state index is 0.0236. The lowest BCUT2D eigenvalue weighted by molar-refractivity contribution is -0.385. The number of aliphatic hydroxyl groups is 1. The number of nitro benzene ring substituents is 1. The zero-order chi connectivity index (χ0) is 15.4. The van der Waals surface area contributed by atoms with Crippen LogP contribution in [0.25, 0.3) is 0 Å². The molecule has 2 rings (SSSR count). The maximum Gasteiger partial charge on any atom is 0.270 e. The highest BCUT2D eigenvalue weighted by Crippen LogP contribution is 2.30. The summed E-state index contributed by atoms with van der Waals surface area (Å²) < 4.78 is 19.0. The van der Waals surface area contributed by atoms with Crippen LogP contribution in [0.4, 0.5) is 10.1 Å². The molecule has 0 saturated heterocycles. The molecule has 0 fully saturated rings. The molecular formula is C15H14FNO4. The van der Waals surface area contributed by atoms with E-state index in [9.17, 15) is 19.6 Å². The summed E-state index contributed by atoms with van der Waals surface area (Å²) in [4.78, 5) is 10.2. The van der Waals surface area contributed by atoms with Crippen LogP contribution in [0, 0.1) is 15.9 Å². The number of benzene rings is 2. The Labute approximate surface area is 120 Å². The van der Waals surface area contributed by atoms with Gasteiger partial charge < -0.3 is 9.84 Å². The molecule has 0 aliphatic carbocycles. The van der Waals surface area contributed by atoms with Crippen LogP contribution >= 0.6 is 0 Å². The van der Waals surface area contributed by atoms with Gasteiger partial charge in [-0.25, -0.2) is 4.39 Å². The molecule has 5 nitrogen and oxygen atoms in total. The van der Waals surface area contributed by atoms with Crippen LogP contribution in [0.15, 0.2) is 42.5 Å². The Bertz CT molecular complexity index is 658. The van der Waals surface area contributed by atoms with Gasteiger partial charge in [-0.15, -0.1) is 0 Å². The zero-order valence-electron chi connectivity index (χ0n) is 11.3. The first-order chi connectivity index (χ1) is 9.99. The van der Waals surface area contributed by atoms with Gasteiger partial charge in [0.1, 0.15) is 18.2 Å². The zero-order valence-corrected chi connectivity index (χ0v) is 11.3. The summed E-state index contributed by atoms with van der Waals surface area (Å²) >= 11 is 0. The Hall–Kier alpha value is -2.47. The Morgan fingerprint density at radius 3 is 2.67 bits per heavy atom. The highest BCUT2D eigenvalue weighted by molar-refractivity contribution is 5.45. The molecule has 0 unspecified atom stereocenters. The lowest BCUT2D eigenvalue weighted by atomic mass is 10.1. The van der Waals surface area contributed by atoms with E-state index in [4.69, 9.17) is 4.74 Å². The van der Waals surface area contributed by atoms with Crippen molar-refractivity contribution in [2.24, 2.45) is 0 Å². The fraction of sp³-hybridized carbons (Fsp3) is 0.200. The van der Waals surface area contributed by atoms with E-state index in [2.05, 4.69) is 0 Å². The van der Waals surface area contributed by atoms with Crippen molar-refractivity contribution in [1.29, 1.82) is 0 Å². The second kappa shape index (κ2) is 6.32. The molecule has 6 heteroatoms. The third kappa shape index (κ3) is 3.55. The molecule has 21 heavy (non-hydrogen) atoms. The molecule has 2 aromatic rings. The predicted molar refractivity (Wildman–Crippen MR) is 74.5 cm³/mol. The van der Waals surface area contributed by atoms with Crippen molar-refractivity contribution in [2.75, 3.05) is 0 Å². The maximum absolute atomic E-state index is 13.5. The minimum Gasteiger partial charge on any atom is -0.488 e.